The predicted octanol–water partition coefficient (Wildman–Crippen LogP) is 2.06. The minimum atomic E-state index is -0.159. The number of fused-ring (bicyclic) bond motifs is 4. The van der Waals surface area contributed by atoms with Gasteiger partial charge in [-0.25, -0.2) is 0 Å². The van der Waals surface area contributed by atoms with Crippen LogP contribution in [0.3, 0.4) is 0 Å². The largest absolute Gasteiger partial charge is 0.497 e. The van der Waals surface area contributed by atoms with Gasteiger partial charge in [0.25, 0.3) is 0 Å². The molecule has 3 rings (SSSR count). The number of likely N-dealkylation sites (N-methyl/N-ethyl adjacent to an activating group) is 1. The molecule has 0 amide bonds. The fraction of sp³-hybridized carbons (Fsp3) is 0.600. The molecule has 0 radical (unpaired) electrons. The van der Waals surface area contributed by atoms with Crippen LogP contribution in [0.5, 0.6) is 5.75 Å². The third kappa shape index (κ3) is 1.77. The van der Waals surface area contributed by atoms with E-state index in [9.17, 15) is 4.48 Å². The molecule has 1 aromatic rings. The Kier molecular flexibility index (Phi) is 3.02. The zero-order valence-electron chi connectivity index (χ0n) is 11.7. The summed E-state index contributed by atoms with van der Waals surface area (Å²) < 4.78 is 18.7. The third-order valence-electron chi connectivity index (χ3n) is 5.10. The van der Waals surface area contributed by atoms with Crippen molar-refractivity contribution >= 4 is 0 Å². The van der Waals surface area contributed by atoms with Gasteiger partial charge in [-0.2, -0.15) is 5.54 Å². The van der Waals surface area contributed by atoms with E-state index >= 15 is 0 Å². The van der Waals surface area contributed by atoms with Crippen molar-refractivity contribution in [3.8, 4) is 5.75 Å². The Bertz CT molecular complexity index is 493. The Morgan fingerprint density at radius 1 is 1.47 bits per heavy atom. The summed E-state index contributed by atoms with van der Waals surface area (Å²) >= 11 is 0. The van der Waals surface area contributed by atoms with Gasteiger partial charge in [-0.05, 0) is 49.7 Å². The molecule has 0 aromatic heterocycles. The van der Waals surface area contributed by atoms with E-state index in [0.717, 1.165) is 25.1 Å². The SMILES string of the molecule is COc1ccc2c(c1)[C@]1(C)CCN(C)[C@H](C2)[C@@H]1NF. The molecule has 2 bridgehead atoms. The number of nitrogens with one attached hydrogen (secondary N) is 1. The van der Waals surface area contributed by atoms with Crippen LogP contribution >= 0.6 is 0 Å². The van der Waals surface area contributed by atoms with Crippen molar-refractivity contribution in [3.63, 3.8) is 0 Å². The van der Waals surface area contributed by atoms with E-state index in [0.29, 0.717) is 0 Å². The third-order valence-corrected chi connectivity index (χ3v) is 5.10. The lowest BCUT2D eigenvalue weighted by molar-refractivity contribution is 0.0307. The van der Waals surface area contributed by atoms with Crippen molar-refractivity contribution in [1.82, 2.24) is 10.4 Å². The Morgan fingerprint density at radius 3 is 2.95 bits per heavy atom. The summed E-state index contributed by atoms with van der Waals surface area (Å²) in [6.07, 6.45) is 1.86. The van der Waals surface area contributed by atoms with Gasteiger partial charge < -0.3 is 9.64 Å². The maximum atomic E-state index is 13.4. The molecule has 0 unspecified atom stereocenters. The highest BCUT2D eigenvalue weighted by Gasteiger charge is 2.50. The van der Waals surface area contributed by atoms with Gasteiger partial charge in [-0.15, -0.1) is 4.48 Å². The molecule has 3 atom stereocenters. The Morgan fingerprint density at radius 2 is 2.26 bits per heavy atom. The molecular weight excluding hydrogens is 243 g/mol. The molecule has 3 nitrogen and oxygen atoms in total. The Labute approximate surface area is 113 Å². The lowest BCUT2D eigenvalue weighted by Crippen LogP contribution is -2.64. The fourth-order valence-corrected chi connectivity index (χ4v) is 3.80. The number of nitrogens with zero attached hydrogens (tertiary/aromatic N) is 1. The van der Waals surface area contributed by atoms with E-state index < -0.39 is 0 Å². The summed E-state index contributed by atoms with van der Waals surface area (Å²) in [7, 11) is 3.76. The van der Waals surface area contributed by atoms with Crippen LogP contribution < -0.4 is 10.3 Å². The van der Waals surface area contributed by atoms with Crippen LogP contribution in [-0.2, 0) is 11.8 Å². The van der Waals surface area contributed by atoms with Crippen LogP contribution in [0.25, 0.3) is 0 Å². The molecule has 1 fully saturated rings. The highest BCUT2D eigenvalue weighted by molar-refractivity contribution is 5.45. The van der Waals surface area contributed by atoms with E-state index in [2.05, 4.69) is 36.5 Å². The lowest BCUT2D eigenvalue weighted by atomic mass is 9.62. The van der Waals surface area contributed by atoms with Crippen molar-refractivity contribution in [2.75, 3.05) is 20.7 Å². The molecule has 2 aliphatic rings. The smallest absolute Gasteiger partial charge is 0.119 e. The second-order valence-corrected chi connectivity index (χ2v) is 6.03. The van der Waals surface area contributed by atoms with Gasteiger partial charge in [-0.1, -0.05) is 13.0 Å². The second-order valence-electron chi connectivity index (χ2n) is 6.03. The topological polar surface area (TPSA) is 24.5 Å². The number of halogens is 1. The van der Waals surface area contributed by atoms with Gasteiger partial charge in [0, 0.05) is 11.5 Å². The van der Waals surface area contributed by atoms with Crippen molar-refractivity contribution in [1.29, 1.82) is 0 Å². The molecule has 1 N–H and O–H groups in total. The lowest BCUT2D eigenvalue weighted by Gasteiger charge is -2.53. The molecule has 0 spiro atoms. The number of benzene rings is 1. The average molecular weight is 264 g/mol. The highest BCUT2D eigenvalue weighted by Crippen LogP contribution is 2.45. The van der Waals surface area contributed by atoms with E-state index in [1.807, 2.05) is 6.07 Å². The van der Waals surface area contributed by atoms with E-state index in [-0.39, 0.29) is 17.5 Å². The molecule has 19 heavy (non-hydrogen) atoms. The second kappa shape index (κ2) is 4.46. The van der Waals surface area contributed by atoms with Gasteiger partial charge in [0.15, 0.2) is 0 Å². The number of rotatable bonds is 2. The fourth-order valence-electron chi connectivity index (χ4n) is 3.80. The minimum absolute atomic E-state index is 0.147. The maximum Gasteiger partial charge on any atom is 0.119 e. The van der Waals surface area contributed by atoms with Crippen molar-refractivity contribution < 1.29 is 9.22 Å². The van der Waals surface area contributed by atoms with E-state index in [4.69, 9.17) is 4.74 Å². The Hall–Kier alpha value is -1.13. The van der Waals surface area contributed by atoms with Crippen LogP contribution in [0.1, 0.15) is 24.5 Å². The predicted molar refractivity (Wildman–Crippen MR) is 73.1 cm³/mol. The molecule has 1 saturated heterocycles. The standard InChI is InChI=1S/C15H21FN2O/c1-15-6-7-18(2)13(14(15)17-16)8-10-4-5-11(19-3)9-12(10)15/h4-5,9,13-14,17H,6-8H2,1-3H3/t13-,14+,15+/m1/s1. The van der Waals surface area contributed by atoms with Gasteiger partial charge in [0.2, 0.25) is 0 Å². The zero-order chi connectivity index (χ0) is 13.6. The van der Waals surface area contributed by atoms with Gasteiger partial charge in [-0.3, -0.25) is 0 Å². The van der Waals surface area contributed by atoms with Crippen LogP contribution in [-0.4, -0.2) is 37.7 Å². The number of hydrogen-bond donors (Lipinski definition) is 1. The Balaban J connectivity index is 2.13. The number of likely N-dealkylation sites (tertiary alicyclic amines) is 1. The average Bonchev–Trinajstić information content (AvgIpc) is 2.43. The highest BCUT2D eigenvalue weighted by atomic mass is 19.2. The molecule has 104 valence electrons. The maximum absolute atomic E-state index is 13.4. The zero-order valence-corrected chi connectivity index (χ0v) is 11.7. The van der Waals surface area contributed by atoms with Crippen molar-refractivity contribution in [2.24, 2.45) is 0 Å². The van der Waals surface area contributed by atoms with Crippen LogP contribution in [0, 0.1) is 0 Å². The monoisotopic (exact) mass is 264 g/mol. The first-order chi connectivity index (χ1) is 9.10. The first kappa shape index (κ1) is 12.9. The molecule has 0 saturated carbocycles. The number of ether oxygens (including phenoxy) is 1. The molecule has 4 heteroatoms. The van der Waals surface area contributed by atoms with E-state index in [1.54, 1.807) is 7.11 Å². The summed E-state index contributed by atoms with van der Waals surface area (Å²) in [5.74, 6) is 0.856. The molecule has 1 aromatic carbocycles. The van der Waals surface area contributed by atoms with Crippen LogP contribution in [0.2, 0.25) is 0 Å². The number of piperidine rings is 1. The quantitative estimate of drug-likeness (QED) is 0.828. The van der Waals surface area contributed by atoms with Crippen molar-refractivity contribution in [2.45, 2.75) is 37.3 Å². The summed E-state index contributed by atoms with van der Waals surface area (Å²) in [5, 5.41) is 0. The molecular formula is C15H21FN2O. The molecule has 1 aliphatic heterocycles. The first-order valence-electron chi connectivity index (χ1n) is 6.84. The van der Waals surface area contributed by atoms with Crippen LogP contribution in [0.15, 0.2) is 18.2 Å². The molecule has 1 heterocycles. The van der Waals surface area contributed by atoms with E-state index in [1.165, 1.54) is 11.1 Å². The number of methoxy groups -OCH3 is 1. The normalized spacial score (nSPS) is 33.9. The summed E-state index contributed by atoms with van der Waals surface area (Å²) in [6, 6.07) is 6.30. The minimum Gasteiger partial charge on any atom is -0.497 e. The summed E-state index contributed by atoms with van der Waals surface area (Å²) in [4.78, 5) is 2.27. The molecule has 1 aliphatic carbocycles. The number of hydrogen-bond acceptors (Lipinski definition) is 3. The summed E-state index contributed by atoms with van der Waals surface area (Å²) in [6.45, 7) is 3.18. The van der Waals surface area contributed by atoms with Crippen LogP contribution in [0.4, 0.5) is 4.48 Å². The summed E-state index contributed by atoms with van der Waals surface area (Å²) in [5.41, 5.74) is 4.48. The first-order valence-corrected chi connectivity index (χ1v) is 6.84. The van der Waals surface area contributed by atoms with Crippen molar-refractivity contribution in [3.05, 3.63) is 29.3 Å². The van der Waals surface area contributed by atoms with Gasteiger partial charge >= 0.3 is 0 Å². The van der Waals surface area contributed by atoms with Gasteiger partial charge in [0.1, 0.15) is 5.75 Å². The van der Waals surface area contributed by atoms with Gasteiger partial charge in [0.05, 0.1) is 13.2 Å².